The number of aliphatic imine (C=N–C) groups is 1. The molecular formula is C14H23ClN4. The average molecular weight is 283 g/mol. The predicted molar refractivity (Wildman–Crippen MR) is 83.4 cm³/mol. The van der Waals surface area contributed by atoms with Gasteiger partial charge >= 0.3 is 0 Å². The molecule has 0 saturated carbocycles. The molecule has 0 amide bonds. The van der Waals surface area contributed by atoms with Crippen LogP contribution in [-0.2, 0) is 0 Å². The van der Waals surface area contributed by atoms with E-state index in [1.807, 2.05) is 19.3 Å². The first-order valence-corrected chi connectivity index (χ1v) is 7.04. The number of hydrogen-bond acceptors (Lipinski definition) is 4. The third kappa shape index (κ3) is 6.45. The summed E-state index contributed by atoms with van der Waals surface area (Å²) in [5.74, 6) is 0.580. The van der Waals surface area contributed by atoms with Gasteiger partial charge in [0, 0.05) is 19.0 Å². The highest BCUT2D eigenvalue weighted by atomic mass is 35.5. The highest BCUT2D eigenvalue weighted by molar-refractivity contribution is 6.17. The second-order valence-corrected chi connectivity index (χ2v) is 4.65. The van der Waals surface area contributed by atoms with E-state index in [0.29, 0.717) is 18.6 Å². The van der Waals surface area contributed by atoms with Crippen LogP contribution in [0, 0.1) is 5.92 Å². The van der Waals surface area contributed by atoms with Gasteiger partial charge in [-0.25, -0.2) is 0 Å². The fourth-order valence-electron chi connectivity index (χ4n) is 1.79. The van der Waals surface area contributed by atoms with Crippen molar-refractivity contribution in [3.63, 3.8) is 0 Å². The summed E-state index contributed by atoms with van der Waals surface area (Å²) >= 11 is 5.47. The number of hydrogen-bond donors (Lipinski definition) is 3. The minimum Gasteiger partial charge on any atom is -0.391 e. The lowest BCUT2D eigenvalue weighted by Crippen LogP contribution is -2.23. The van der Waals surface area contributed by atoms with Crippen molar-refractivity contribution in [3.05, 3.63) is 35.7 Å². The van der Waals surface area contributed by atoms with E-state index in [2.05, 4.69) is 40.0 Å². The monoisotopic (exact) mass is 282 g/mol. The molecule has 0 aromatic heterocycles. The highest BCUT2D eigenvalue weighted by Gasteiger charge is 2.11. The third-order valence-corrected chi connectivity index (χ3v) is 3.08. The number of nitrogens with zero attached hydrogens (tertiary/aromatic N) is 1. The van der Waals surface area contributed by atoms with Gasteiger partial charge < -0.3 is 10.6 Å². The summed E-state index contributed by atoms with van der Waals surface area (Å²) in [7, 11) is 1.97. The Morgan fingerprint density at radius 2 is 2.37 bits per heavy atom. The lowest BCUT2D eigenvalue weighted by Gasteiger charge is -2.19. The van der Waals surface area contributed by atoms with Crippen molar-refractivity contribution in [3.8, 4) is 0 Å². The van der Waals surface area contributed by atoms with Gasteiger partial charge in [-0.15, -0.1) is 11.6 Å². The average Bonchev–Trinajstić information content (AvgIpc) is 2.43. The maximum Gasteiger partial charge on any atom is 0.0726 e. The Labute approximate surface area is 120 Å². The van der Waals surface area contributed by atoms with Crippen LogP contribution in [-0.4, -0.2) is 32.5 Å². The fourth-order valence-corrected chi connectivity index (χ4v) is 1.89. The molecule has 0 radical (unpaired) electrons. The zero-order valence-corrected chi connectivity index (χ0v) is 12.4. The first-order valence-electron chi connectivity index (χ1n) is 6.51. The van der Waals surface area contributed by atoms with Crippen LogP contribution in [0.25, 0.3) is 0 Å². The lowest BCUT2D eigenvalue weighted by molar-refractivity contribution is 0.630. The van der Waals surface area contributed by atoms with Gasteiger partial charge in [-0.1, -0.05) is 13.0 Å². The second kappa shape index (κ2) is 9.64. The molecule has 0 aromatic carbocycles. The smallest absolute Gasteiger partial charge is 0.0726 e. The van der Waals surface area contributed by atoms with Crippen LogP contribution < -0.4 is 16.0 Å². The Kier molecular flexibility index (Phi) is 8.02. The van der Waals surface area contributed by atoms with Crippen LogP contribution >= 0.6 is 11.6 Å². The number of nitrogens with one attached hydrogen (secondary N) is 3. The van der Waals surface area contributed by atoms with Crippen LogP contribution in [0.5, 0.6) is 0 Å². The molecular weight excluding hydrogens is 260 g/mol. The zero-order valence-electron chi connectivity index (χ0n) is 11.6. The molecule has 0 aromatic rings. The fraction of sp³-hybridized carbons (Fsp3) is 0.500. The molecule has 0 unspecified atom stereocenters. The van der Waals surface area contributed by atoms with Gasteiger partial charge in [0.2, 0.25) is 0 Å². The lowest BCUT2D eigenvalue weighted by atomic mass is 9.95. The molecule has 1 atom stereocenters. The molecule has 1 aliphatic carbocycles. The molecule has 5 heteroatoms. The minimum absolute atomic E-state index is 0.446. The van der Waals surface area contributed by atoms with E-state index in [9.17, 15) is 0 Å². The van der Waals surface area contributed by atoms with Crippen molar-refractivity contribution in [2.45, 2.75) is 13.3 Å². The summed E-state index contributed by atoms with van der Waals surface area (Å²) in [6.45, 7) is 3.61. The summed E-state index contributed by atoms with van der Waals surface area (Å²) < 4.78 is 0. The SMILES string of the molecule is CNC1=CC(CN=CC=CNCNCCl)=CC[C@H]1C. The normalized spacial score (nSPS) is 19.6. The van der Waals surface area contributed by atoms with Crippen molar-refractivity contribution >= 4 is 17.8 Å². The molecule has 3 N–H and O–H groups in total. The number of halogens is 1. The van der Waals surface area contributed by atoms with Crippen molar-refractivity contribution in [2.24, 2.45) is 10.9 Å². The summed E-state index contributed by atoms with van der Waals surface area (Å²) in [5.41, 5.74) is 2.56. The van der Waals surface area contributed by atoms with Crippen molar-refractivity contribution in [1.29, 1.82) is 0 Å². The van der Waals surface area contributed by atoms with Crippen LogP contribution in [0.3, 0.4) is 0 Å². The van der Waals surface area contributed by atoms with Crippen LogP contribution in [0.1, 0.15) is 13.3 Å². The van der Waals surface area contributed by atoms with Crippen molar-refractivity contribution < 1.29 is 0 Å². The quantitative estimate of drug-likeness (QED) is 0.210. The van der Waals surface area contributed by atoms with Gasteiger partial charge in [0.25, 0.3) is 0 Å². The topological polar surface area (TPSA) is 48.5 Å². The highest BCUT2D eigenvalue weighted by Crippen LogP contribution is 2.21. The van der Waals surface area contributed by atoms with Crippen LogP contribution in [0.2, 0.25) is 0 Å². The second-order valence-electron chi connectivity index (χ2n) is 4.38. The van der Waals surface area contributed by atoms with Gasteiger partial charge in [0.1, 0.15) is 0 Å². The van der Waals surface area contributed by atoms with Crippen LogP contribution in [0.4, 0.5) is 0 Å². The Morgan fingerprint density at radius 3 is 3.11 bits per heavy atom. The molecule has 0 bridgehead atoms. The number of allylic oxidation sites excluding steroid dienone is 3. The summed E-state index contributed by atoms with van der Waals surface area (Å²) in [6.07, 6.45) is 11.1. The Bertz CT molecular complexity index is 372. The molecule has 19 heavy (non-hydrogen) atoms. The van der Waals surface area contributed by atoms with E-state index >= 15 is 0 Å². The van der Waals surface area contributed by atoms with Gasteiger partial charge in [0.15, 0.2) is 0 Å². The van der Waals surface area contributed by atoms with E-state index in [1.165, 1.54) is 11.3 Å². The minimum atomic E-state index is 0.446. The zero-order chi connectivity index (χ0) is 13.9. The molecule has 1 aliphatic rings. The Morgan fingerprint density at radius 1 is 1.53 bits per heavy atom. The molecule has 4 nitrogen and oxygen atoms in total. The maximum atomic E-state index is 5.47. The molecule has 0 spiro atoms. The van der Waals surface area contributed by atoms with E-state index in [-0.39, 0.29) is 0 Å². The van der Waals surface area contributed by atoms with Crippen molar-refractivity contribution in [1.82, 2.24) is 16.0 Å². The predicted octanol–water partition coefficient (Wildman–Crippen LogP) is 1.97. The molecule has 0 fully saturated rings. The van der Waals surface area contributed by atoms with Gasteiger partial charge in [0.05, 0.1) is 19.2 Å². The van der Waals surface area contributed by atoms with Gasteiger partial charge in [-0.2, -0.15) is 0 Å². The number of alkyl halides is 1. The molecule has 0 aliphatic heterocycles. The van der Waals surface area contributed by atoms with E-state index in [1.54, 1.807) is 6.21 Å². The Balaban J connectivity index is 2.27. The van der Waals surface area contributed by atoms with E-state index in [4.69, 9.17) is 11.6 Å². The third-order valence-electron chi connectivity index (χ3n) is 2.90. The summed E-state index contributed by atoms with van der Waals surface area (Å²) in [4.78, 5) is 4.37. The largest absolute Gasteiger partial charge is 0.391 e. The van der Waals surface area contributed by atoms with Gasteiger partial charge in [-0.05, 0) is 36.3 Å². The van der Waals surface area contributed by atoms with Gasteiger partial charge in [-0.3, -0.25) is 10.3 Å². The summed E-state index contributed by atoms with van der Waals surface area (Å²) in [6, 6.07) is 0.446. The van der Waals surface area contributed by atoms with E-state index in [0.717, 1.165) is 13.0 Å². The first kappa shape index (κ1) is 15.8. The Hall–Kier alpha value is -1.26. The van der Waals surface area contributed by atoms with Crippen molar-refractivity contribution in [2.75, 3.05) is 26.3 Å². The van der Waals surface area contributed by atoms with Crippen LogP contribution in [0.15, 0.2) is 40.7 Å². The molecule has 0 heterocycles. The first-order chi connectivity index (χ1) is 9.27. The molecule has 106 valence electrons. The molecule has 0 saturated heterocycles. The van der Waals surface area contributed by atoms with E-state index < -0.39 is 0 Å². The summed E-state index contributed by atoms with van der Waals surface area (Å²) in [5, 5.41) is 9.22. The molecule has 1 rings (SSSR count). The standard InChI is InChI=1S/C14H23ClN4/c1-12-4-5-13(8-14(12)16-2)9-17-6-3-7-18-11-19-10-15/h3,5-8,12,16,18-19H,4,9-11H2,1-2H3/t12-/m1/s1. The maximum absolute atomic E-state index is 5.47. The number of rotatable bonds is 8.